The predicted octanol–water partition coefficient (Wildman–Crippen LogP) is 3.27. The molecule has 1 aliphatic rings. The molecule has 0 amide bonds. The Bertz CT molecular complexity index is 679. The first-order valence-electron chi connectivity index (χ1n) is 10.4. The second-order valence-corrected chi connectivity index (χ2v) is 8.01. The molecule has 2 aromatic rings. The quantitative estimate of drug-likeness (QED) is 0.619. The van der Waals surface area contributed by atoms with Gasteiger partial charge in [-0.3, -0.25) is 0 Å². The van der Waals surface area contributed by atoms with Gasteiger partial charge < -0.3 is 19.8 Å². The Morgan fingerprint density at radius 2 is 1.64 bits per heavy atom. The molecule has 0 aliphatic carbocycles. The molecule has 4 nitrogen and oxygen atoms in total. The third kappa shape index (κ3) is 5.89. The van der Waals surface area contributed by atoms with Crippen molar-refractivity contribution in [1.82, 2.24) is 4.90 Å². The smallest absolute Gasteiger partial charge is 0.0716 e. The minimum Gasteiger partial charge on any atom is -0.396 e. The van der Waals surface area contributed by atoms with E-state index in [0.717, 1.165) is 45.5 Å². The molecule has 2 N–H and O–H groups in total. The number of benzene rings is 2. The zero-order valence-corrected chi connectivity index (χ0v) is 16.7. The molecule has 2 atom stereocenters. The highest BCUT2D eigenvalue weighted by molar-refractivity contribution is 5.18. The Kier molecular flexibility index (Phi) is 8.04. The first-order valence-corrected chi connectivity index (χ1v) is 10.4. The van der Waals surface area contributed by atoms with Crippen molar-refractivity contribution in [3.63, 3.8) is 0 Å². The molecule has 4 heteroatoms. The lowest BCUT2D eigenvalue weighted by Crippen LogP contribution is -2.55. The number of aliphatic hydroxyl groups excluding tert-OH is 2. The third-order valence-corrected chi connectivity index (χ3v) is 5.80. The first kappa shape index (κ1) is 21.0. The van der Waals surface area contributed by atoms with Crippen molar-refractivity contribution in [1.29, 1.82) is 0 Å². The normalized spacial score (nSPS) is 23.0. The average Bonchev–Trinajstić information content (AvgIpc) is 2.74. The summed E-state index contributed by atoms with van der Waals surface area (Å²) in [6, 6.07) is 20.4. The number of nitrogens with zero attached hydrogens (tertiary/aromatic N) is 1. The number of hydrogen-bond donors (Lipinski definition) is 2. The lowest BCUT2D eigenvalue weighted by molar-refractivity contribution is -0.0752. The summed E-state index contributed by atoms with van der Waals surface area (Å²) in [6.45, 7) is 4.06. The van der Waals surface area contributed by atoms with E-state index >= 15 is 0 Å². The second kappa shape index (κ2) is 10.7. The van der Waals surface area contributed by atoms with E-state index in [1.54, 1.807) is 0 Å². The molecule has 0 saturated carbocycles. The van der Waals surface area contributed by atoms with Crippen LogP contribution in [-0.4, -0.2) is 54.1 Å². The number of aliphatic hydroxyl groups is 2. The van der Waals surface area contributed by atoms with E-state index < -0.39 is 11.5 Å². The Hall–Kier alpha value is -1.72. The van der Waals surface area contributed by atoms with Crippen LogP contribution < -0.4 is 0 Å². The molecule has 0 unspecified atom stereocenters. The van der Waals surface area contributed by atoms with Crippen LogP contribution in [0.1, 0.15) is 30.4 Å². The highest BCUT2D eigenvalue weighted by Gasteiger charge is 2.42. The molecule has 2 aromatic carbocycles. The summed E-state index contributed by atoms with van der Waals surface area (Å²) in [7, 11) is 0. The Balaban J connectivity index is 1.42. The van der Waals surface area contributed by atoms with Crippen molar-refractivity contribution in [2.24, 2.45) is 5.41 Å². The summed E-state index contributed by atoms with van der Waals surface area (Å²) in [6.07, 6.45) is 3.07. The van der Waals surface area contributed by atoms with Gasteiger partial charge in [0.15, 0.2) is 0 Å². The minimum atomic E-state index is -0.469. The zero-order valence-electron chi connectivity index (χ0n) is 16.7. The van der Waals surface area contributed by atoms with Gasteiger partial charge in [0.25, 0.3) is 0 Å². The summed E-state index contributed by atoms with van der Waals surface area (Å²) in [4.78, 5) is 2.39. The summed E-state index contributed by atoms with van der Waals surface area (Å²) < 4.78 is 5.77. The molecular weight excluding hydrogens is 350 g/mol. The maximum Gasteiger partial charge on any atom is 0.0716 e. The highest BCUT2D eigenvalue weighted by Crippen LogP contribution is 2.34. The molecule has 0 bridgehead atoms. The first-order chi connectivity index (χ1) is 13.7. The minimum absolute atomic E-state index is 0.0136. The number of unbranched alkanes of at least 4 members (excludes halogenated alkanes) is 1. The maximum absolute atomic E-state index is 10.6. The number of ether oxygens (including phenoxy) is 1. The predicted molar refractivity (Wildman–Crippen MR) is 112 cm³/mol. The number of hydrogen-bond acceptors (Lipinski definition) is 4. The fourth-order valence-corrected chi connectivity index (χ4v) is 4.12. The van der Waals surface area contributed by atoms with Crippen molar-refractivity contribution < 1.29 is 14.9 Å². The average molecular weight is 384 g/mol. The van der Waals surface area contributed by atoms with Crippen LogP contribution in [0.4, 0.5) is 0 Å². The molecule has 1 saturated heterocycles. The zero-order chi connectivity index (χ0) is 19.7. The largest absolute Gasteiger partial charge is 0.396 e. The standard InChI is InChI=1S/C24H33NO3/c26-20-24(17-21-9-3-1-4-10-21)19-25(15-13-23(24)27)14-7-8-16-28-18-22-11-5-2-6-12-22/h1-6,9-12,23,26-27H,7-8,13-20H2/t23-,24+/m1/s1. The van der Waals surface area contributed by atoms with Crippen LogP contribution in [0.2, 0.25) is 0 Å². The van der Waals surface area contributed by atoms with Gasteiger partial charge in [0.1, 0.15) is 0 Å². The van der Waals surface area contributed by atoms with Gasteiger partial charge in [-0.2, -0.15) is 0 Å². The van der Waals surface area contributed by atoms with Crippen LogP contribution in [0.3, 0.4) is 0 Å². The molecule has 0 radical (unpaired) electrons. The number of likely N-dealkylation sites (tertiary alicyclic amines) is 1. The molecule has 152 valence electrons. The van der Waals surface area contributed by atoms with Gasteiger partial charge in [0.2, 0.25) is 0 Å². The summed E-state index contributed by atoms with van der Waals surface area (Å²) in [5.41, 5.74) is 1.91. The van der Waals surface area contributed by atoms with E-state index in [0.29, 0.717) is 13.0 Å². The third-order valence-electron chi connectivity index (χ3n) is 5.80. The lowest BCUT2D eigenvalue weighted by atomic mass is 9.73. The molecule has 1 heterocycles. The lowest BCUT2D eigenvalue weighted by Gasteiger charge is -2.45. The van der Waals surface area contributed by atoms with Crippen molar-refractivity contribution in [2.45, 2.75) is 38.4 Å². The van der Waals surface area contributed by atoms with Gasteiger partial charge in [-0.15, -0.1) is 0 Å². The molecular formula is C24H33NO3. The van der Waals surface area contributed by atoms with E-state index in [-0.39, 0.29) is 6.61 Å². The van der Waals surface area contributed by atoms with E-state index in [2.05, 4.69) is 29.2 Å². The molecule has 0 spiro atoms. The fourth-order valence-electron chi connectivity index (χ4n) is 4.12. The Morgan fingerprint density at radius 1 is 0.964 bits per heavy atom. The summed E-state index contributed by atoms with van der Waals surface area (Å²) >= 11 is 0. The van der Waals surface area contributed by atoms with Crippen LogP contribution in [0.15, 0.2) is 60.7 Å². The van der Waals surface area contributed by atoms with Gasteiger partial charge in [-0.05, 0) is 43.4 Å². The van der Waals surface area contributed by atoms with Crippen LogP contribution in [-0.2, 0) is 17.8 Å². The van der Waals surface area contributed by atoms with Gasteiger partial charge in [0.05, 0.1) is 19.3 Å². The van der Waals surface area contributed by atoms with E-state index in [9.17, 15) is 10.2 Å². The van der Waals surface area contributed by atoms with Crippen LogP contribution in [0, 0.1) is 5.41 Å². The molecule has 1 aliphatic heterocycles. The van der Waals surface area contributed by atoms with Gasteiger partial charge in [-0.25, -0.2) is 0 Å². The second-order valence-electron chi connectivity index (χ2n) is 8.01. The van der Waals surface area contributed by atoms with Crippen molar-refractivity contribution in [3.8, 4) is 0 Å². The molecule has 3 rings (SSSR count). The highest BCUT2D eigenvalue weighted by atomic mass is 16.5. The van der Waals surface area contributed by atoms with Crippen LogP contribution in [0.5, 0.6) is 0 Å². The topological polar surface area (TPSA) is 52.9 Å². The van der Waals surface area contributed by atoms with Gasteiger partial charge >= 0.3 is 0 Å². The molecule has 0 aromatic heterocycles. The van der Waals surface area contributed by atoms with Crippen molar-refractivity contribution in [3.05, 3.63) is 71.8 Å². The maximum atomic E-state index is 10.6. The van der Waals surface area contributed by atoms with Gasteiger partial charge in [0, 0.05) is 25.1 Å². The molecule has 1 fully saturated rings. The summed E-state index contributed by atoms with van der Waals surface area (Å²) in [5.74, 6) is 0. The van der Waals surface area contributed by atoms with E-state index in [1.165, 1.54) is 11.1 Å². The Morgan fingerprint density at radius 3 is 2.32 bits per heavy atom. The van der Waals surface area contributed by atoms with Gasteiger partial charge in [-0.1, -0.05) is 60.7 Å². The van der Waals surface area contributed by atoms with Crippen LogP contribution >= 0.6 is 0 Å². The van der Waals surface area contributed by atoms with Crippen LogP contribution in [0.25, 0.3) is 0 Å². The van der Waals surface area contributed by atoms with Crippen molar-refractivity contribution in [2.75, 3.05) is 32.8 Å². The number of rotatable bonds is 10. The Labute approximate surface area is 168 Å². The van der Waals surface area contributed by atoms with E-state index in [1.807, 2.05) is 36.4 Å². The van der Waals surface area contributed by atoms with E-state index in [4.69, 9.17) is 4.74 Å². The van der Waals surface area contributed by atoms with Crippen molar-refractivity contribution >= 4 is 0 Å². The SMILES string of the molecule is OC[C@]1(Cc2ccccc2)CN(CCCCOCc2ccccc2)CC[C@H]1O. The number of piperidine rings is 1. The fraction of sp³-hybridized carbons (Fsp3) is 0.500. The molecule has 28 heavy (non-hydrogen) atoms. The summed E-state index contributed by atoms with van der Waals surface area (Å²) in [5, 5.41) is 20.8. The monoisotopic (exact) mass is 383 g/mol.